The predicted molar refractivity (Wildman–Crippen MR) is 306 cm³/mol. The Hall–Kier alpha value is -4.92. The number of aromatic nitrogens is 2. The van der Waals surface area contributed by atoms with E-state index >= 15 is 0 Å². The number of nitriles is 1. The molecule has 1 aromatic heterocycles. The van der Waals surface area contributed by atoms with Crippen LogP contribution < -0.4 is 25.2 Å². The van der Waals surface area contributed by atoms with Gasteiger partial charge in [0.25, 0.3) is 6.47 Å². The minimum absolute atomic E-state index is 0. The average Bonchev–Trinajstić information content (AvgIpc) is 3.95. The largest absolute Gasteiger partial charge is 0.483 e. The zero-order valence-corrected chi connectivity index (χ0v) is 49.8. The Balaban J connectivity index is 0.00000114. The third-order valence-corrected chi connectivity index (χ3v) is 13.0. The van der Waals surface area contributed by atoms with E-state index in [4.69, 9.17) is 51.7 Å². The van der Waals surface area contributed by atoms with Crippen LogP contribution in [0.2, 0.25) is 5.02 Å². The first kappa shape index (κ1) is 73.1. The normalized spacial score (nSPS) is 13.4. The SMILES string of the molecule is C=CC(=O)N1CCN(c2nc(OC)nc3c2CCN(c2cccc4cccc(Cl)c24)C3)CC1.CC#N.CCN(C)CC(=O)O.CCN(C)CCN(C)CC(=O)NCCCCCCN1CCCC1.CCNCC(=O)O.O=CO.[Lu]. The maximum absolute atomic E-state index is 12.0. The standard InChI is InChI=1S/C25H26ClN5O2.C18H38N4O.C5H11NO2.C4H9NO2.C2H3N.CH2O2.Lu/c1-3-22(32)29-12-14-30(15-13-29)24-18-10-11-31(16-20(18)27-25(28-24)33-2)21-9-5-7-17-6-4-8-19(26)23(17)21;1-4-20(2)15-16-21(3)17-18(23)19-11-7-5-6-8-12-22-13-9-10-14-22;1-3-6(2)4-5(7)8;1-2-5-3-4(6)7;1-2-3;2-1-3;/h3-9H,1,10-16H2,2H3;4-17H2,1-3H3,(H,19,23);3-4H2,1-2H3,(H,7,8);5H,2-3H2,1H3,(H,6,7);1H3;1H,(H,2,3);. The summed E-state index contributed by atoms with van der Waals surface area (Å²) in [5.74, 6) is -0.528. The number of nitrogens with one attached hydrogen (secondary N) is 2. The van der Waals surface area contributed by atoms with Gasteiger partial charge in [-0.2, -0.15) is 15.2 Å². The van der Waals surface area contributed by atoms with E-state index in [0.717, 1.165) is 104 Å². The molecule has 2 saturated heterocycles. The Kier molecular flexibility index (Phi) is 41.1. The van der Waals surface area contributed by atoms with Gasteiger partial charge in [0.15, 0.2) is 0 Å². The fraction of sp³-hybridized carbons (Fsp3) is 0.600. The van der Waals surface area contributed by atoms with E-state index in [-0.39, 0.29) is 68.3 Å². The number of benzene rings is 2. The van der Waals surface area contributed by atoms with Gasteiger partial charge in [0, 0.05) is 113 Å². The van der Waals surface area contributed by atoms with Crippen LogP contribution in [-0.4, -0.2) is 220 Å². The maximum atomic E-state index is 12.0. The van der Waals surface area contributed by atoms with E-state index in [1.54, 1.807) is 25.1 Å². The van der Waals surface area contributed by atoms with Crippen LogP contribution in [0.25, 0.3) is 10.8 Å². The minimum atomic E-state index is -0.804. The van der Waals surface area contributed by atoms with Crippen LogP contribution in [0, 0.1) is 48.2 Å². The fourth-order valence-electron chi connectivity index (χ4n) is 8.26. The summed E-state index contributed by atoms with van der Waals surface area (Å²) in [4.78, 5) is 76.3. The van der Waals surface area contributed by atoms with Gasteiger partial charge in [-0.1, -0.05) is 76.1 Å². The topological polar surface area (TPSA) is 252 Å². The monoisotopic (exact) mass is 1270 g/mol. The van der Waals surface area contributed by atoms with Crippen LogP contribution in [0.4, 0.5) is 11.5 Å². The van der Waals surface area contributed by atoms with Crippen molar-refractivity contribution >= 4 is 64.1 Å². The zero-order valence-electron chi connectivity index (χ0n) is 47.4. The summed E-state index contributed by atoms with van der Waals surface area (Å²) in [7, 11) is 7.49. The van der Waals surface area contributed by atoms with E-state index in [1.165, 1.54) is 64.7 Å². The molecular weight excluding hydrogens is 1180 g/mol. The third kappa shape index (κ3) is 29.9. The Morgan fingerprint density at radius 1 is 0.846 bits per heavy atom. The van der Waals surface area contributed by atoms with Crippen LogP contribution >= 0.6 is 11.6 Å². The number of methoxy groups -OCH3 is 1. The molecule has 3 aliphatic heterocycles. The van der Waals surface area contributed by atoms with Gasteiger partial charge < -0.3 is 55.2 Å². The molecule has 78 heavy (non-hydrogen) atoms. The van der Waals surface area contributed by atoms with Crippen LogP contribution in [0.1, 0.15) is 77.5 Å². The molecule has 0 spiro atoms. The molecule has 445 valence electrons. The first-order valence-corrected chi connectivity index (χ1v) is 26.9. The van der Waals surface area contributed by atoms with Crippen molar-refractivity contribution in [1.82, 2.24) is 45.1 Å². The van der Waals surface area contributed by atoms with Crippen LogP contribution in [0.3, 0.4) is 0 Å². The van der Waals surface area contributed by atoms with Crippen molar-refractivity contribution in [2.24, 2.45) is 0 Å². The number of anilines is 2. The number of fused-ring (bicyclic) bond motifs is 2. The van der Waals surface area contributed by atoms with Crippen molar-refractivity contribution in [3.8, 4) is 12.1 Å². The molecule has 0 aliphatic carbocycles. The fourth-order valence-corrected chi connectivity index (χ4v) is 8.54. The first-order chi connectivity index (χ1) is 37.0. The van der Waals surface area contributed by atoms with Crippen molar-refractivity contribution in [1.29, 1.82) is 5.26 Å². The molecule has 4 heterocycles. The van der Waals surface area contributed by atoms with E-state index < -0.39 is 11.9 Å². The van der Waals surface area contributed by atoms with Gasteiger partial charge in [0.2, 0.25) is 11.8 Å². The number of unbranched alkanes of at least 4 members (excludes halogenated alkanes) is 3. The summed E-state index contributed by atoms with van der Waals surface area (Å²) < 4.78 is 5.45. The van der Waals surface area contributed by atoms with E-state index in [0.29, 0.717) is 38.7 Å². The molecule has 3 aliphatic rings. The van der Waals surface area contributed by atoms with Gasteiger partial charge in [0.05, 0.1) is 50.1 Å². The number of amides is 2. The first-order valence-electron chi connectivity index (χ1n) is 26.6. The summed E-state index contributed by atoms with van der Waals surface area (Å²) in [5, 5.41) is 39.0. The van der Waals surface area contributed by atoms with E-state index in [1.807, 2.05) is 37.9 Å². The second-order valence-electron chi connectivity index (χ2n) is 18.4. The number of carboxylic acid groups (broad SMARTS) is 3. The van der Waals surface area contributed by atoms with Gasteiger partial charge in [-0.25, -0.2) is 0 Å². The molecule has 0 saturated carbocycles. The van der Waals surface area contributed by atoms with Gasteiger partial charge in [-0.15, -0.1) is 0 Å². The molecule has 5 N–H and O–H groups in total. The smallest absolute Gasteiger partial charge is 0.318 e. The predicted octanol–water partition coefficient (Wildman–Crippen LogP) is 5.27. The number of carbonyl (C=O) groups excluding carboxylic acids is 2. The zero-order chi connectivity index (χ0) is 57.5. The number of carbonyl (C=O) groups is 5. The number of hydrogen-bond donors (Lipinski definition) is 5. The van der Waals surface area contributed by atoms with Crippen molar-refractivity contribution in [2.45, 2.75) is 79.2 Å². The summed E-state index contributed by atoms with van der Waals surface area (Å²) in [5.41, 5.74) is 3.23. The second-order valence-corrected chi connectivity index (χ2v) is 18.8. The van der Waals surface area contributed by atoms with Gasteiger partial charge in [-0.05, 0) is 116 Å². The van der Waals surface area contributed by atoms with E-state index in [9.17, 15) is 19.2 Å². The number of rotatable bonds is 23. The molecule has 3 aromatic rings. The second kappa shape index (κ2) is 43.9. The number of nitrogens with zero attached hydrogens (tertiary/aromatic N) is 10. The van der Waals surface area contributed by atoms with Crippen molar-refractivity contribution in [3.05, 3.63) is 65.3 Å². The summed E-state index contributed by atoms with van der Waals surface area (Å²) >= 11 is 6.59. The summed E-state index contributed by atoms with van der Waals surface area (Å²) in [6, 6.07) is 14.4. The molecule has 2 aromatic carbocycles. The molecule has 21 nitrogen and oxygen atoms in total. The molecule has 0 unspecified atom stereocenters. The Morgan fingerprint density at radius 3 is 1.99 bits per heavy atom. The molecule has 6 rings (SSSR count). The van der Waals surface area contributed by atoms with Crippen molar-refractivity contribution in [2.75, 3.05) is 149 Å². The number of carboxylic acids is 2. The van der Waals surface area contributed by atoms with Crippen LogP contribution in [0.5, 0.6) is 6.01 Å². The molecular formula is C55H89ClLuN12O9. The van der Waals surface area contributed by atoms with Gasteiger partial charge in [0.1, 0.15) is 5.82 Å². The minimum Gasteiger partial charge on any atom is -0.483 e. The average molecular weight is 1270 g/mol. The number of halogens is 1. The summed E-state index contributed by atoms with van der Waals surface area (Å²) in [6.07, 6.45) is 9.89. The van der Waals surface area contributed by atoms with Crippen LogP contribution in [0.15, 0.2) is 49.1 Å². The molecule has 2 fully saturated rings. The Labute approximate surface area is 498 Å². The molecule has 23 heteroatoms. The third-order valence-electron chi connectivity index (χ3n) is 12.7. The quantitative estimate of drug-likeness (QED) is 0.0461. The molecule has 1 radical (unpaired) electrons. The number of aliphatic carboxylic acids is 2. The number of piperazine rings is 1. The maximum Gasteiger partial charge on any atom is 0.318 e. The van der Waals surface area contributed by atoms with Crippen LogP contribution in [-0.2, 0) is 36.9 Å². The Bertz CT molecular complexity index is 2240. The van der Waals surface area contributed by atoms with Gasteiger partial charge in [-0.3, -0.25) is 33.8 Å². The molecule has 0 bridgehead atoms. The number of hydrogen-bond acceptors (Lipinski definition) is 16. The summed E-state index contributed by atoms with van der Waals surface area (Å²) in [6.45, 7) is 24.8. The van der Waals surface area contributed by atoms with Crippen molar-refractivity contribution < 1.29 is 80.9 Å². The number of ether oxygens (including phenoxy) is 1. The number of likely N-dealkylation sites (tertiary alicyclic amines) is 1. The van der Waals surface area contributed by atoms with E-state index in [2.05, 4.69) is 79.9 Å². The Morgan fingerprint density at radius 2 is 1.45 bits per heavy atom. The van der Waals surface area contributed by atoms with Gasteiger partial charge >= 0.3 is 17.9 Å². The molecule has 2 amide bonds. The number of likely N-dealkylation sites (N-methyl/N-ethyl adjacent to an activating group) is 4. The molecule has 0 atom stereocenters. The van der Waals surface area contributed by atoms with Crippen molar-refractivity contribution in [3.63, 3.8) is 0 Å².